The Hall–Kier alpha value is -2.10. The Morgan fingerprint density at radius 2 is 1.96 bits per heavy atom. The molecule has 1 aliphatic rings. The number of alkyl halides is 3. The zero-order chi connectivity index (χ0) is 18.8. The number of nitrogens with zero attached hydrogens (tertiary/aromatic N) is 1. The molecule has 0 aliphatic carbocycles. The van der Waals surface area contributed by atoms with Crippen LogP contribution in [0.15, 0.2) is 35.1 Å². The summed E-state index contributed by atoms with van der Waals surface area (Å²) in [4.78, 5) is 15.5. The van der Waals surface area contributed by atoms with Crippen molar-refractivity contribution in [3.05, 3.63) is 45.6 Å². The van der Waals surface area contributed by atoms with E-state index < -0.39 is 29.7 Å². The van der Waals surface area contributed by atoms with Crippen LogP contribution in [0.3, 0.4) is 0 Å². The number of rotatable bonds is 4. The number of oxime groups is 1. The molecule has 0 saturated carbocycles. The van der Waals surface area contributed by atoms with Gasteiger partial charge in [0.2, 0.25) is 5.84 Å². The number of quaternary nitrogens is 1. The predicted octanol–water partition coefficient (Wildman–Crippen LogP) is 2.67. The number of halogens is 5. The summed E-state index contributed by atoms with van der Waals surface area (Å²) >= 11 is 11.6. The number of carboxylic acids is 1. The molecule has 25 heavy (non-hydrogen) atoms. The standard InChI is InChI=1S/C14H10Cl2F3N3O3/c15-9-1-8(2-10(16)3-9)13(14(17,18)19)4-11(22-25-13)21-6-7(5-20)12(23)24/h1-3,5-6,20H,4H2,(H,21,22)(H,23,24)/p+1. The van der Waals surface area contributed by atoms with Crippen LogP contribution in [-0.4, -0.2) is 29.3 Å². The van der Waals surface area contributed by atoms with Crippen molar-refractivity contribution in [2.45, 2.75) is 18.2 Å². The van der Waals surface area contributed by atoms with Crippen LogP contribution in [0.1, 0.15) is 12.0 Å². The molecule has 0 spiro atoms. The van der Waals surface area contributed by atoms with Crippen LogP contribution in [0.25, 0.3) is 0 Å². The van der Waals surface area contributed by atoms with Gasteiger partial charge in [0.05, 0.1) is 0 Å². The fourth-order valence-electron chi connectivity index (χ4n) is 2.17. The second kappa shape index (κ2) is 7.03. The summed E-state index contributed by atoms with van der Waals surface area (Å²) in [5, 5.41) is 20.2. The molecule has 2 rings (SSSR count). The molecule has 6 nitrogen and oxygen atoms in total. The van der Waals surface area contributed by atoms with Crippen molar-refractivity contribution in [2.75, 3.05) is 0 Å². The van der Waals surface area contributed by atoms with Gasteiger partial charge in [-0.25, -0.2) is 4.79 Å². The van der Waals surface area contributed by atoms with E-state index in [-0.39, 0.29) is 21.4 Å². The highest BCUT2D eigenvalue weighted by atomic mass is 35.5. The summed E-state index contributed by atoms with van der Waals surface area (Å²) in [6.45, 7) is 0. The van der Waals surface area contributed by atoms with Gasteiger partial charge in [-0.3, -0.25) is 5.32 Å². The molecule has 0 bridgehead atoms. The van der Waals surface area contributed by atoms with E-state index >= 15 is 0 Å². The first-order chi connectivity index (χ1) is 11.6. The molecule has 0 fully saturated rings. The first-order valence-electron chi connectivity index (χ1n) is 6.66. The van der Waals surface area contributed by atoms with Crippen molar-refractivity contribution in [3.8, 4) is 0 Å². The number of carboxylic acid groups (broad SMARTS) is 1. The molecule has 1 heterocycles. The molecule has 0 amide bonds. The number of hydrogen-bond acceptors (Lipinski definition) is 4. The van der Waals surface area contributed by atoms with Gasteiger partial charge in [0.15, 0.2) is 0 Å². The molecule has 4 N–H and O–H groups in total. The largest absolute Gasteiger partial charge is 0.477 e. The smallest absolute Gasteiger partial charge is 0.436 e. The van der Waals surface area contributed by atoms with Crippen LogP contribution >= 0.6 is 23.2 Å². The lowest BCUT2D eigenvalue weighted by Crippen LogP contribution is -2.82. The number of hydrogen-bond donors (Lipinski definition) is 3. The van der Waals surface area contributed by atoms with E-state index in [9.17, 15) is 18.0 Å². The van der Waals surface area contributed by atoms with Crippen LogP contribution in [-0.2, 0) is 15.2 Å². The molecular weight excluding hydrogens is 386 g/mol. The molecule has 1 unspecified atom stereocenters. The number of nitrogens with one attached hydrogen (secondary N) is 1. The Bertz CT molecular complexity index is 760. The Morgan fingerprint density at radius 3 is 2.44 bits per heavy atom. The molecule has 1 aromatic carbocycles. The lowest BCUT2D eigenvalue weighted by molar-refractivity contribution is -0.465. The Morgan fingerprint density at radius 1 is 1.36 bits per heavy atom. The maximum atomic E-state index is 13.7. The molecule has 134 valence electrons. The van der Waals surface area contributed by atoms with Crippen molar-refractivity contribution in [1.82, 2.24) is 0 Å². The van der Waals surface area contributed by atoms with E-state index in [2.05, 4.69) is 5.16 Å². The maximum Gasteiger partial charge on any atom is 0.436 e. The van der Waals surface area contributed by atoms with Gasteiger partial charge in [0, 0.05) is 21.8 Å². The fourth-order valence-corrected chi connectivity index (χ4v) is 2.70. The van der Waals surface area contributed by atoms with E-state index in [0.29, 0.717) is 6.21 Å². The van der Waals surface area contributed by atoms with Gasteiger partial charge in [-0.1, -0.05) is 23.2 Å². The minimum atomic E-state index is -4.83. The second-order valence-corrected chi connectivity index (χ2v) is 5.94. The van der Waals surface area contributed by atoms with Crippen molar-refractivity contribution in [2.24, 2.45) is 5.16 Å². The van der Waals surface area contributed by atoms with Crippen LogP contribution in [0.4, 0.5) is 13.2 Å². The fraction of sp³-hybridized carbons (Fsp3) is 0.214. The van der Waals surface area contributed by atoms with Gasteiger partial charge in [-0.15, -0.1) is 0 Å². The minimum Gasteiger partial charge on any atom is -0.477 e. The van der Waals surface area contributed by atoms with E-state index in [0.717, 1.165) is 23.6 Å². The quantitative estimate of drug-likeness (QED) is 0.538. The SMILES string of the molecule is N=CC(=C[NH2+]C1=NOC(c2cc(Cl)cc(Cl)c2)(C(F)(F)F)C1)C(=O)O. The summed E-state index contributed by atoms with van der Waals surface area (Å²) in [5.74, 6) is -1.54. The van der Waals surface area contributed by atoms with Crippen LogP contribution in [0.5, 0.6) is 0 Å². The van der Waals surface area contributed by atoms with E-state index in [1.165, 1.54) is 6.07 Å². The van der Waals surface area contributed by atoms with Crippen molar-refractivity contribution in [1.29, 1.82) is 5.41 Å². The number of carbonyl (C=O) groups is 1. The summed E-state index contributed by atoms with van der Waals surface area (Å²) in [5.41, 5.74) is -3.52. The van der Waals surface area contributed by atoms with Gasteiger partial charge in [0.1, 0.15) is 18.2 Å². The number of amidine groups is 1. The monoisotopic (exact) mass is 396 g/mol. The van der Waals surface area contributed by atoms with Gasteiger partial charge in [0.25, 0.3) is 5.60 Å². The van der Waals surface area contributed by atoms with Gasteiger partial charge in [-0.2, -0.15) is 13.2 Å². The lowest BCUT2D eigenvalue weighted by Gasteiger charge is -2.28. The van der Waals surface area contributed by atoms with Crippen molar-refractivity contribution >= 4 is 41.2 Å². The first kappa shape index (κ1) is 19.2. The summed E-state index contributed by atoms with van der Waals surface area (Å²) in [6.07, 6.45) is -4.01. The Balaban J connectivity index is 2.34. The Kier molecular flexibility index (Phi) is 5.40. The molecule has 11 heteroatoms. The number of nitrogens with two attached hydrogens (primary N) is 1. The highest BCUT2D eigenvalue weighted by Gasteiger charge is 2.63. The van der Waals surface area contributed by atoms with E-state index in [1.54, 1.807) is 0 Å². The van der Waals surface area contributed by atoms with Crippen LogP contribution < -0.4 is 5.32 Å². The summed E-state index contributed by atoms with van der Waals surface area (Å²) < 4.78 is 41.1. The van der Waals surface area contributed by atoms with E-state index in [1.807, 2.05) is 0 Å². The maximum absolute atomic E-state index is 13.7. The van der Waals surface area contributed by atoms with Gasteiger partial charge < -0.3 is 15.4 Å². The Labute approximate surface area is 149 Å². The third-order valence-corrected chi connectivity index (χ3v) is 3.83. The predicted molar refractivity (Wildman–Crippen MR) is 83.8 cm³/mol. The number of aliphatic carboxylic acids is 1. The molecule has 1 atom stereocenters. The third kappa shape index (κ3) is 3.94. The topological polar surface area (TPSA) is 99.4 Å². The average molecular weight is 397 g/mol. The molecule has 1 aromatic rings. The molecular formula is C14H11Cl2F3N3O3+. The molecule has 1 aliphatic heterocycles. The third-order valence-electron chi connectivity index (χ3n) is 3.39. The molecule has 0 aromatic heterocycles. The molecule has 0 saturated heterocycles. The summed E-state index contributed by atoms with van der Waals surface area (Å²) in [7, 11) is 0. The molecule has 0 radical (unpaired) electrons. The first-order valence-corrected chi connectivity index (χ1v) is 7.42. The average Bonchev–Trinajstić information content (AvgIpc) is 2.92. The van der Waals surface area contributed by atoms with Gasteiger partial charge >= 0.3 is 12.1 Å². The highest BCUT2D eigenvalue weighted by Crippen LogP contribution is 2.48. The van der Waals surface area contributed by atoms with Gasteiger partial charge in [-0.05, 0) is 23.4 Å². The second-order valence-electron chi connectivity index (χ2n) is 5.07. The lowest BCUT2D eigenvalue weighted by atomic mass is 9.89. The normalized spacial score (nSPS) is 20.8. The van der Waals surface area contributed by atoms with Crippen molar-refractivity contribution < 1.29 is 33.2 Å². The van der Waals surface area contributed by atoms with Crippen molar-refractivity contribution in [3.63, 3.8) is 0 Å². The zero-order valence-electron chi connectivity index (χ0n) is 12.3. The minimum absolute atomic E-state index is 0.00372. The van der Waals surface area contributed by atoms with E-state index in [4.69, 9.17) is 38.6 Å². The van der Waals surface area contributed by atoms with Crippen LogP contribution in [0, 0.1) is 5.41 Å². The van der Waals surface area contributed by atoms with Crippen LogP contribution in [0.2, 0.25) is 10.0 Å². The number of benzene rings is 1. The summed E-state index contributed by atoms with van der Waals surface area (Å²) in [6, 6.07) is 3.44. The highest BCUT2D eigenvalue weighted by molar-refractivity contribution is 6.34. The zero-order valence-corrected chi connectivity index (χ0v) is 13.8.